The van der Waals surface area contributed by atoms with Gasteiger partial charge in [0.25, 0.3) is 0 Å². The van der Waals surface area contributed by atoms with Crippen LogP contribution in [0.4, 0.5) is 5.82 Å². The van der Waals surface area contributed by atoms with Crippen LogP contribution in [0.3, 0.4) is 0 Å². The van der Waals surface area contributed by atoms with Crippen molar-refractivity contribution in [2.75, 3.05) is 5.32 Å². The molecule has 0 radical (unpaired) electrons. The molecule has 0 fully saturated rings. The number of anilines is 1. The number of nitrogens with one attached hydrogen (secondary N) is 1. The second-order valence-electron chi connectivity index (χ2n) is 4.46. The van der Waals surface area contributed by atoms with Crippen LogP contribution in [0, 0.1) is 13.8 Å². The van der Waals surface area contributed by atoms with E-state index in [2.05, 4.69) is 15.3 Å². The van der Waals surface area contributed by atoms with Crippen molar-refractivity contribution in [1.29, 1.82) is 0 Å². The van der Waals surface area contributed by atoms with Gasteiger partial charge in [-0.3, -0.25) is 4.98 Å². The van der Waals surface area contributed by atoms with E-state index >= 15 is 0 Å². The summed E-state index contributed by atoms with van der Waals surface area (Å²) in [5.74, 6) is 0.738. The average Bonchev–Trinajstić information content (AvgIpc) is 2.33. The maximum atomic E-state index is 6.19. The van der Waals surface area contributed by atoms with Crippen molar-refractivity contribution in [3.63, 3.8) is 0 Å². The van der Waals surface area contributed by atoms with E-state index in [-0.39, 0.29) is 6.04 Å². The summed E-state index contributed by atoms with van der Waals surface area (Å²) >= 11 is 12.1. The van der Waals surface area contributed by atoms with E-state index in [1.54, 1.807) is 12.3 Å². The minimum Gasteiger partial charge on any atom is -0.362 e. The van der Waals surface area contributed by atoms with Crippen LogP contribution in [0.1, 0.15) is 29.9 Å². The van der Waals surface area contributed by atoms with Crippen LogP contribution >= 0.6 is 23.2 Å². The Hall–Kier alpha value is -1.32. The highest BCUT2D eigenvalue weighted by Gasteiger charge is 2.11. The Morgan fingerprint density at radius 1 is 1.16 bits per heavy atom. The summed E-state index contributed by atoms with van der Waals surface area (Å²) in [5.41, 5.74) is 2.83. The molecular formula is C14H15Cl2N3. The molecule has 2 aromatic rings. The molecule has 2 rings (SSSR count). The van der Waals surface area contributed by atoms with Crippen molar-refractivity contribution in [3.8, 4) is 0 Å². The highest BCUT2D eigenvalue weighted by molar-refractivity contribution is 6.35. The van der Waals surface area contributed by atoms with Gasteiger partial charge in [0.15, 0.2) is 0 Å². The summed E-state index contributed by atoms with van der Waals surface area (Å²) in [5, 5.41) is 4.56. The lowest BCUT2D eigenvalue weighted by atomic mass is 10.1. The summed E-state index contributed by atoms with van der Waals surface area (Å²) in [6, 6.07) is 5.51. The van der Waals surface area contributed by atoms with Gasteiger partial charge in [-0.25, -0.2) is 4.98 Å². The van der Waals surface area contributed by atoms with Gasteiger partial charge >= 0.3 is 0 Å². The fourth-order valence-corrected chi connectivity index (χ4v) is 2.34. The molecule has 1 N–H and O–H groups in total. The zero-order chi connectivity index (χ0) is 14.0. The number of nitrogens with zero attached hydrogens (tertiary/aromatic N) is 2. The lowest BCUT2D eigenvalue weighted by Gasteiger charge is -2.16. The number of aryl methyl sites for hydroxylation is 2. The lowest BCUT2D eigenvalue weighted by Crippen LogP contribution is -2.09. The van der Waals surface area contributed by atoms with E-state index in [0.29, 0.717) is 10.0 Å². The third-order valence-electron chi connectivity index (χ3n) is 2.99. The molecule has 0 amide bonds. The van der Waals surface area contributed by atoms with Crippen LogP contribution < -0.4 is 5.32 Å². The van der Waals surface area contributed by atoms with E-state index in [9.17, 15) is 0 Å². The molecule has 100 valence electrons. The van der Waals surface area contributed by atoms with Gasteiger partial charge in [0, 0.05) is 10.0 Å². The Morgan fingerprint density at radius 3 is 2.53 bits per heavy atom. The van der Waals surface area contributed by atoms with E-state index < -0.39 is 0 Å². The van der Waals surface area contributed by atoms with Gasteiger partial charge in [0.2, 0.25) is 0 Å². The van der Waals surface area contributed by atoms with Crippen LogP contribution in [-0.2, 0) is 0 Å². The number of rotatable bonds is 3. The number of hydrogen-bond acceptors (Lipinski definition) is 3. The number of hydrogen-bond donors (Lipinski definition) is 1. The molecule has 1 heterocycles. The maximum Gasteiger partial charge on any atom is 0.145 e. The molecule has 0 aliphatic carbocycles. The van der Waals surface area contributed by atoms with E-state index in [0.717, 1.165) is 22.8 Å². The minimum absolute atomic E-state index is 0.0289. The van der Waals surface area contributed by atoms with E-state index in [4.69, 9.17) is 23.2 Å². The molecule has 1 aromatic carbocycles. The third kappa shape index (κ3) is 3.37. The first-order valence-electron chi connectivity index (χ1n) is 5.99. The van der Waals surface area contributed by atoms with E-state index in [1.165, 1.54) is 0 Å². The predicted octanol–water partition coefficient (Wildman–Crippen LogP) is 4.57. The monoisotopic (exact) mass is 295 g/mol. The first kappa shape index (κ1) is 14.1. The summed E-state index contributed by atoms with van der Waals surface area (Å²) in [7, 11) is 0. The molecule has 0 bridgehead atoms. The van der Waals surface area contributed by atoms with Crippen molar-refractivity contribution in [2.45, 2.75) is 26.8 Å². The Morgan fingerprint density at radius 2 is 1.89 bits per heavy atom. The Bertz CT molecular complexity index is 599. The largest absolute Gasteiger partial charge is 0.362 e. The molecular weight excluding hydrogens is 281 g/mol. The SMILES string of the molecule is Cc1ncc(NC(C)c2ccc(Cl)cc2Cl)nc1C. The van der Waals surface area contributed by atoms with Gasteiger partial charge in [-0.1, -0.05) is 29.3 Å². The van der Waals surface area contributed by atoms with Gasteiger partial charge < -0.3 is 5.32 Å². The highest BCUT2D eigenvalue weighted by atomic mass is 35.5. The van der Waals surface area contributed by atoms with Crippen LogP contribution in [0.5, 0.6) is 0 Å². The molecule has 1 unspecified atom stereocenters. The number of aromatic nitrogens is 2. The smallest absolute Gasteiger partial charge is 0.145 e. The van der Waals surface area contributed by atoms with Crippen molar-refractivity contribution >= 4 is 29.0 Å². The predicted molar refractivity (Wildman–Crippen MR) is 80.0 cm³/mol. The quantitative estimate of drug-likeness (QED) is 0.901. The Labute approximate surface area is 123 Å². The fourth-order valence-electron chi connectivity index (χ4n) is 1.76. The first-order valence-corrected chi connectivity index (χ1v) is 6.74. The van der Waals surface area contributed by atoms with Crippen molar-refractivity contribution in [3.05, 3.63) is 51.4 Å². The first-order chi connectivity index (χ1) is 8.97. The molecule has 0 saturated heterocycles. The minimum atomic E-state index is 0.0289. The highest BCUT2D eigenvalue weighted by Crippen LogP contribution is 2.27. The Kier molecular flexibility index (Phi) is 4.27. The van der Waals surface area contributed by atoms with Crippen molar-refractivity contribution < 1.29 is 0 Å². The van der Waals surface area contributed by atoms with Crippen LogP contribution in [0.2, 0.25) is 10.0 Å². The van der Waals surface area contributed by atoms with Gasteiger partial charge in [-0.15, -0.1) is 0 Å². The number of benzene rings is 1. The average molecular weight is 296 g/mol. The van der Waals surface area contributed by atoms with Crippen molar-refractivity contribution in [2.24, 2.45) is 0 Å². The zero-order valence-corrected chi connectivity index (χ0v) is 12.5. The van der Waals surface area contributed by atoms with Gasteiger partial charge in [-0.05, 0) is 38.5 Å². The van der Waals surface area contributed by atoms with Gasteiger partial charge in [0.05, 0.1) is 23.6 Å². The van der Waals surface area contributed by atoms with Crippen LogP contribution in [-0.4, -0.2) is 9.97 Å². The molecule has 19 heavy (non-hydrogen) atoms. The Balaban J connectivity index is 2.20. The normalized spacial score (nSPS) is 12.3. The summed E-state index contributed by atoms with van der Waals surface area (Å²) in [4.78, 5) is 8.73. The second-order valence-corrected chi connectivity index (χ2v) is 5.30. The summed E-state index contributed by atoms with van der Waals surface area (Å²) in [6.45, 7) is 5.89. The number of halogens is 2. The fraction of sp³-hybridized carbons (Fsp3) is 0.286. The van der Waals surface area contributed by atoms with Gasteiger partial charge in [-0.2, -0.15) is 0 Å². The topological polar surface area (TPSA) is 37.8 Å². The van der Waals surface area contributed by atoms with Crippen molar-refractivity contribution in [1.82, 2.24) is 9.97 Å². The molecule has 5 heteroatoms. The molecule has 0 aliphatic rings. The molecule has 0 spiro atoms. The third-order valence-corrected chi connectivity index (χ3v) is 3.55. The van der Waals surface area contributed by atoms with Gasteiger partial charge in [0.1, 0.15) is 5.82 Å². The lowest BCUT2D eigenvalue weighted by molar-refractivity contribution is 0.865. The van der Waals surface area contributed by atoms with Crippen LogP contribution in [0.25, 0.3) is 0 Å². The molecule has 3 nitrogen and oxygen atoms in total. The molecule has 1 aromatic heterocycles. The van der Waals surface area contributed by atoms with E-state index in [1.807, 2.05) is 32.9 Å². The maximum absolute atomic E-state index is 6.19. The molecule has 0 aliphatic heterocycles. The summed E-state index contributed by atoms with van der Waals surface area (Å²) < 4.78 is 0. The zero-order valence-electron chi connectivity index (χ0n) is 11.0. The molecule has 1 atom stereocenters. The standard InChI is InChI=1S/C14H15Cl2N3/c1-8-9(2)18-14(7-17-8)19-10(3)12-5-4-11(15)6-13(12)16/h4-7,10H,1-3H3,(H,18,19). The molecule has 0 saturated carbocycles. The van der Waals surface area contributed by atoms with Crippen LogP contribution in [0.15, 0.2) is 24.4 Å². The summed E-state index contributed by atoms with van der Waals surface area (Å²) in [6.07, 6.45) is 1.72. The second kappa shape index (κ2) is 5.76.